The molecule has 1 unspecified atom stereocenters. The lowest BCUT2D eigenvalue weighted by atomic mass is 10.0. The van der Waals surface area contributed by atoms with Gasteiger partial charge in [-0.05, 0) is 38.6 Å². The smallest absolute Gasteiger partial charge is 0.234 e. The van der Waals surface area contributed by atoms with E-state index in [1.165, 1.54) is 12.8 Å². The first-order valence-corrected chi connectivity index (χ1v) is 6.72. The molecule has 2 rings (SSSR count). The summed E-state index contributed by atoms with van der Waals surface area (Å²) in [5.41, 5.74) is 0. The Bertz CT molecular complexity index is 304. The fraction of sp³-hybridized carbons (Fsp3) is 0.846. The molecule has 1 heterocycles. The quantitative estimate of drug-likeness (QED) is 0.805. The van der Waals surface area contributed by atoms with Crippen LogP contribution in [0.25, 0.3) is 0 Å². The van der Waals surface area contributed by atoms with Crippen molar-refractivity contribution < 1.29 is 4.79 Å². The van der Waals surface area contributed by atoms with Crippen LogP contribution < -0.4 is 5.32 Å². The Morgan fingerprint density at radius 2 is 1.94 bits per heavy atom. The summed E-state index contributed by atoms with van der Waals surface area (Å²) in [6.45, 7) is 1.28. The van der Waals surface area contributed by atoms with Crippen LogP contribution in [0.2, 0.25) is 0 Å². The zero-order chi connectivity index (χ0) is 12.1. The van der Waals surface area contributed by atoms with E-state index >= 15 is 0 Å². The number of nitrogens with one attached hydrogen (secondary N) is 1. The van der Waals surface area contributed by atoms with E-state index in [2.05, 4.69) is 11.4 Å². The second-order valence-electron chi connectivity index (χ2n) is 5.16. The van der Waals surface area contributed by atoms with Crippen molar-refractivity contribution >= 4 is 5.91 Å². The van der Waals surface area contributed by atoms with E-state index in [4.69, 9.17) is 5.26 Å². The van der Waals surface area contributed by atoms with E-state index in [1.54, 1.807) is 0 Å². The Balaban J connectivity index is 1.78. The van der Waals surface area contributed by atoms with E-state index in [-0.39, 0.29) is 11.9 Å². The third kappa shape index (κ3) is 3.44. The van der Waals surface area contributed by atoms with E-state index in [1.807, 2.05) is 4.90 Å². The van der Waals surface area contributed by atoms with E-state index in [0.29, 0.717) is 12.6 Å². The maximum atomic E-state index is 11.9. The number of carbonyl (C=O) groups excluding carboxylic acids is 1. The van der Waals surface area contributed by atoms with E-state index in [0.717, 1.165) is 38.6 Å². The molecule has 2 aliphatic rings. The van der Waals surface area contributed by atoms with Crippen molar-refractivity contribution in [3.8, 4) is 6.07 Å². The van der Waals surface area contributed by atoms with Gasteiger partial charge in [0.1, 0.15) is 0 Å². The Hall–Kier alpha value is -1.08. The molecule has 4 heteroatoms. The first-order chi connectivity index (χ1) is 8.29. The molecular weight excluding hydrogens is 214 g/mol. The summed E-state index contributed by atoms with van der Waals surface area (Å²) in [7, 11) is 0. The molecule has 0 spiro atoms. The molecule has 1 amide bonds. The molecule has 17 heavy (non-hydrogen) atoms. The van der Waals surface area contributed by atoms with E-state index < -0.39 is 0 Å². The largest absolute Gasteiger partial charge is 0.352 e. The zero-order valence-electron chi connectivity index (χ0n) is 10.3. The standard InChI is InChI=1S/C13H21N3O/c14-9-12-7-3-4-8-16(12)10-13(17)15-11-5-1-2-6-11/h11-12H,1-8,10H2,(H,15,17). The topological polar surface area (TPSA) is 56.1 Å². The molecule has 94 valence electrons. The van der Waals surface area contributed by atoms with Gasteiger partial charge in [0.2, 0.25) is 5.91 Å². The van der Waals surface area contributed by atoms with Crippen LogP contribution in [-0.4, -0.2) is 36.0 Å². The van der Waals surface area contributed by atoms with Gasteiger partial charge in [-0.3, -0.25) is 9.69 Å². The highest BCUT2D eigenvalue weighted by Crippen LogP contribution is 2.18. The highest BCUT2D eigenvalue weighted by molar-refractivity contribution is 5.78. The number of hydrogen-bond donors (Lipinski definition) is 1. The number of amides is 1. The minimum atomic E-state index is -0.0573. The number of nitriles is 1. The molecule has 1 N–H and O–H groups in total. The highest BCUT2D eigenvalue weighted by Gasteiger charge is 2.25. The van der Waals surface area contributed by atoms with Gasteiger partial charge in [-0.2, -0.15) is 5.26 Å². The number of carbonyl (C=O) groups is 1. The van der Waals surface area contributed by atoms with Gasteiger partial charge in [-0.15, -0.1) is 0 Å². The van der Waals surface area contributed by atoms with Crippen molar-refractivity contribution in [3.05, 3.63) is 0 Å². The SMILES string of the molecule is N#CC1CCCCN1CC(=O)NC1CCCC1. The zero-order valence-corrected chi connectivity index (χ0v) is 10.3. The Labute approximate surface area is 103 Å². The van der Waals surface area contributed by atoms with Crippen LogP contribution in [-0.2, 0) is 4.79 Å². The first-order valence-electron chi connectivity index (χ1n) is 6.72. The molecule has 0 aromatic rings. The molecule has 1 aliphatic heterocycles. The molecule has 1 atom stereocenters. The maximum absolute atomic E-state index is 11.9. The van der Waals surface area contributed by atoms with Gasteiger partial charge < -0.3 is 5.32 Å². The molecule has 4 nitrogen and oxygen atoms in total. The van der Waals surface area contributed by atoms with Crippen LogP contribution in [0, 0.1) is 11.3 Å². The van der Waals surface area contributed by atoms with Crippen LogP contribution in [0.5, 0.6) is 0 Å². The number of likely N-dealkylation sites (tertiary alicyclic amines) is 1. The fourth-order valence-electron chi connectivity index (χ4n) is 2.85. The van der Waals surface area contributed by atoms with Crippen LogP contribution in [0.1, 0.15) is 44.9 Å². The van der Waals surface area contributed by atoms with Gasteiger partial charge in [0.05, 0.1) is 18.7 Å². The molecular formula is C13H21N3O. The van der Waals surface area contributed by atoms with Crippen molar-refractivity contribution in [2.45, 2.75) is 57.0 Å². The van der Waals surface area contributed by atoms with Gasteiger partial charge in [0.25, 0.3) is 0 Å². The number of nitrogens with zero attached hydrogens (tertiary/aromatic N) is 2. The lowest BCUT2D eigenvalue weighted by Crippen LogP contribution is -2.46. The summed E-state index contributed by atoms with van der Waals surface area (Å²) in [5.74, 6) is 0.0963. The van der Waals surface area contributed by atoms with Crippen molar-refractivity contribution in [2.75, 3.05) is 13.1 Å². The summed E-state index contributed by atoms with van der Waals surface area (Å²) >= 11 is 0. The second-order valence-corrected chi connectivity index (χ2v) is 5.16. The van der Waals surface area contributed by atoms with Gasteiger partial charge >= 0.3 is 0 Å². The van der Waals surface area contributed by atoms with Crippen LogP contribution in [0.15, 0.2) is 0 Å². The third-order valence-corrected chi connectivity index (χ3v) is 3.83. The van der Waals surface area contributed by atoms with Crippen LogP contribution in [0.3, 0.4) is 0 Å². The van der Waals surface area contributed by atoms with Gasteiger partial charge in [0, 0.05) is 6.04 Å². The molecule has 0 aromatic heterocycles. The number of hydrogen-bond acceptors (Lipinski definition) is 3. The minimum Gasteiger partial charge on any atom is -0.352 e. The summed E-state index contributed by atoms with van der Waals surface area (Å²) < 4.78 is 0. The monoisotopic (exact) mass is 235 g/mol. The third-order valence-electron chi connectivity index (χ3n) is 3.83. The highest BCUT2D eigenvalue weighted by atomic mass is 16.2. The van der Waals surface area contributed by atoms with Crippen molar-refractivity contribution in [2.24, 2.45) is 0 Å². The number of rotatable bonds is 3. The van der Waals surface area contributed by atoms with Gasteiger partial charge in [-0.25, -0.2) is 0 Å². The minimum absolute atomic E-state index is 0.0573. The molecule has 0 bridgehead atoms. The molecule has 1 aliphatic carbocycles. The van der Waals surface area contributed by atoms with Crippen molar-refractivity contribution in [1.82, 2.24) is 10.2 Å². The van der Waals surface area contributed by atoms with Crippen LogP contribution in [0.4, 0.5) is 0 Å². The van der Waals surface area contributed by atoms with E-state index in [9.17, 15) is 4.79 Å². The maximum Gasteiger partial charge on any atom is 0.234 e. The average molecular weight is 235 g/mol. The second kappa shape index (κ2) is 6.02. The summed E-state index contributed by atoms with van der Waals surface area (Å²) in [4.78, 5) is 13.9. The van der Waals surface area contributed by atoms with Crippen molar-refractivity contribution in [1.29, 1.82) is 5.26 Å². The fourth-order valence-corrected chi connectivity index (χ4v) is 2.85. The molecule has 0 radical (unpaired) electrons. The predicted octanol–water partition coefficient (Wildman–Crippen LogP) is 1.42. The molecule has 1 saturated heterocycles. The molecule has 0 aromatic carbocycles. The van der Waals surface area contributed by atoms with Crippen LogP contribution >= 0.6 is 0 Å². The van der Waals surface area contributed by atoms with Gasteiger partial charge in [0.15, 0.2) is 0 Å². The molecule has 1 saturated carbocycles. The first kappa shape index (κ1) is 12.4. The Morgan fingerprint density at radius 1 is 1.24 bits per heavy atom. The predicted molar refractivity (Wildman–Crippen MR) is 65.2 cm³/mol. The van der Waals surface area contributed by atoms with Gasteiger partial charge in [-0.1, -0.05) is 12.8 Å². The normalized spacial score (nSPS) is 26.6. The summed E-state index contributed by atoms with van der Waals surface area (Å²) in [6.07, 6.45) is 7.83. The lowest BCUT2D eigenvalue weighted by molar-refractivity contribution is -0.123. The lowest BCUT2D eigenvalue weighted by Gasteiger charge is -2.30. The molecule has 2 fully saturated rings. The average Bonchev–Trinajstić information content (AvgIpc) is 2.82. The Morgan fingerprint density at radius 3 is 2.65 bits per heavy atom. The number of piperidine rings is 1. The Kier molecular flexibility index (Phi) is 4.38. The summed E-state index contributed by atoms with van der Waals surface area (Å²) in [6, 6.07) is 2.62. The summed E-state index contributed by atoms with van der Waals surface area (Å²) in [5, 5.41) is 12.1. The van der Waals surface area contributed by atoms with Crippen molar-refractivity contribution in [3.63, 3.8) is 0 Å².